The van der Waals surface area contributed by atoms with Crippen LogP contribution in [-0.2, 0) is 0 Å². The number of hydrogen-bond donors (Lipinski definition) is 0. The Morgan fingerprint density at radius 1 is 0.462 bits per heavy atom. The molecule has 124 valence electrons. The number of rotatable bonds is 3. The minimum atomic E-state index is 1.21. The molecule has 0 radical (unpaired) electrons. The third-order valence-corrected chi connectivity index (χ3v) is 4.48. The van der Waals surface area contributed by atoms with Gasteiger partial charge in [0.05, 0.1) is 0 Å². The molecule has 4 aromatic carbocycles. The fraction of sp³-hybridized carbons (Fsp3) is 0. The zero-order valence-corrected chi connectivity index (χ0v) is 14.5. The van der Waals surface area contributed by atoms with Gasteiger partial charge in [-0.05, 0) is 38.8 Å². The van der Waals surface area contributed by atoms with Gasteiger partial charge in [-0.25, -0.2) is 0 Å². The first-order valence-electron chi connectivity index (χ1n) is 8.89. The van der Waals surface area contributed by atoms with Crippen molar-refractivity contribution in [3.05, 3.63) is 142 Å². The molecule has 0 atom stereocenters. The molecular weight excluding hydrogens is 312 g/mol. The quantitative estimate of drug-likeness (QED) is 0.507. The highest BCUT2D eigenvalue weighted by Gasteiger charge is 2.06. The van der Waals surface area contributed by atoms with Gasteiger partial charge in [-0.15, -0.1) is 0 Å². The first-order valence-corrected chi connectivity index (χ1v) is 8.89. The Bertz CT molecular complexity index is 1050. The molecule has 0 amide bonds. The highest BCUT2D eigenvalue weighted by atomic mass is 14.1. The third-order valence-electron chi connectivity index (χ3n) is 4.48. The van der Waals surface area contributed by atoms with E-state index in [1.54, 1.807) is 0 Å². The lowest BCUT2D eigenvalue weighted by Gasteiger charge is -2.09. The van der Waals surface area contributed by atoms with E-state index in [9.17, 15) is 0 Å². The standard InChI is InChI=1S/C26H20/c1-4-12-21(13-5-1)20-24-18-10-11-19-25(24)26(22-14-6-2-7-15-22)23-16-8-3-9-17-23/h1-20H/b24-20+. The van der Waals surface area contributed by atoms with Gasteiger partial charge in [0.1, 0.15) is 0 Å². The van der Waals surface area contributed by atoms with Crippen LogP contribution in [0.25, 0.3) is 11.6 Å². The highest BCUT2D eigenvalue weighted by Crippen LogP contribution is 2.19. The Kier molecular flexibility index (Phi) is 4.75. The molecule has 4 rings (SSSR count). The number of hydrogen-bond acceptors (Lipinski definition) is 0. The smallest absolute Gasteiger partial charge is 0.00328 e. The molecule has 0 aliphatic rings. The van der Waals surface area contributed by atoms with Crippen molar-refractivity contribution in [2.75, 3.05) is 0 Å². The van der Waals surface area contributed by atoms with E-state index in [1.165, 1.54) is 32.7 Å². The summed E-state index contributed by atoms with van der Waals surface area (Å²) >= 11 is 0. The van der Waals surface area contributed by atoms with Crippen LogP contribution in [0.3, 0.4) is 0 Å². The van der Waals surface area contributed by atoms with Crippen molar-refractivity contribution in [3.8, 4) is 0 Å². The Hall–Kier alpha value is -3.38. The van der Waals surface area contributed by atoms with Gasteiger partial charge in [-0.1, -0.05) is 115 Å². The van der Waals surface area contributed by atoms with Gasteiger partial charge in [0.15, 0.2) is 0 Å². The summed E-state index contributed by atoms with van der Waals surface area (Å²) in [6, 6.07) is 40.4. The van der Waals surface area contributed by atoms with Crippen LogP contribution in [0.4, 0.5) is 0 Å². The molecule has 0 saturated carbocycles. The Morgan fingerprint density at radius 2 is 0.923 bits per heavy atom. The molecule has 0 heteroatoms. The molecule has 0 heterocycles. The van der Waals surface area contributed by atoms with E-state index in [0.717, 1.165) is 0 Å². The normalized spacial score (nSPS) is 11.3. The summed E-state index contributed by atoms with van der Waals surface area (Å²) in [6.07, 6.45) is 2.25. The zero-order valence-electron chi connectivity index (χ0n) is 14.5. The molecule has 0 aliphatic carbocycles. The average molecular weight is 332 g/mol. The molecule has 0 bridgehead atoms. The van der Waals surface area contributed by atoms with E-state index >= 15 is 0 Å². The largest absolute Gasteiger partial charge is 0.0622 e. The van der Waals surface area contributed by atoms with E-state index in [0.29, 0.717) is 0 Å². The molecule has 0 aromatic heterocycles. The van der Waals surface area contributed by atoms with E-state index in [2.05, 4.69) is 121 Å². The summed E-state index contributed by atoms with van der Waals surface area (Å²) in [5, 5.41) is 2.47. The van der Waals surface area contributed by atoms with Crippen LogP contribution in [0.1, 0.15) is 16.7 Å². The second-order valence-electron chi connectivity index (χ2n) is 6.25. The van der Waals surface area contributed by atoms with Gasteiger partial charge in [0.2, 0.25) is 0 Å². The van der Waals surface area contributed by atoms with Crippen molar-refractivity contribution in [1.29, 1.82) is 0 Å². The van der Waals surface area contributed by atoms with Crippen LogP contribution < -0.4 is 10.4 Å². The molecule has 0 saturated heterocycles. The van der Waals surface area contributed by atoms with Crippen molar-refractivity contribution in [2.24, 2.45) is 0 Å². The lowest BCUT2D eigenvalue weighted by atomic mass is 9.94. The fourth-order valence-corrected chi connectivity index (χ4v) is 3.27. The summed E-state index contributed by atoms with van der Waals surface area (Å²) in [7, 11) is 0. The third kappa shape index (κ3) is 3.50. The molecular formula is C26H20. The van der Waals surface area contributed by atoms with Gasteiger partial charge < -0.3 is 0 Å². The van der Waals surface area contributed by atoms with Crippen LogP contribution in [0.2, 0.25) is 0 Å². The Labute approximate surface area is 154 Å². The van der Waals surface area contributed by atoms with Crippen molar-refractivity contribution in [3.63, 3.8) is 0 Å². The topological polar surface area (TPSA) is 0 Å². The predicted octanol–water partition coefficient (Wildman–Crippen LogP) is 4.76. The fourth-order valence-electron chi connectivity index (χ4n) is 3.27. The van der Waals surface area contributed by atoms with E-state index in [1.807, 2.05) is 0 Å². The minimum absolute atomic E-state index is 1.21. The molecule has 0 aliphatic heterocycles. The van der Waals surface area contributed by atoms with Crippen LogP contribution in [0, 0.1) is 0 Å². The van der Waals surface area contributed by atoms with Crippen molar-refractivity contribution in [2.45, 2.75) is 0 Å². The molecule has 0 nitrogen and oxygen atoms in total. The summed E-state index contributed by atoms with van der Waals surface area (Å²) in [4.78, 5) is 0. The van der Waals surface area contributed by atoms with Crippen LogP contribution in [0.15, 0.2) is 115 Å². The van der Waals surface area contributed by atoms with Crippen LogP contribution in [0.5, 0.6) is 0 Å². The molecule has 0 N–H and O–H groups in total. The molecule has 0 unspecified atom stereocenters. The van der Waals surface area contributed by atoms with Gasteiger partial charge >= 0.3 is 0 Å². The van der Waals surface area contributed by atoms with E-state index in [4.69, 9.17) is 0 Å². The van der Waals surface area contributed by atoms with Gasteiger partial charge in [0.25, 0.3) is 0 Å². The van der Waals surface area contributed by atoms with Crippen LogP contribution in [-0.4, -0.2) is 0 Å². The van der Waals surface area contributed by atoms with Crippen molar-refractivity contribution in [1.82, 2.24) is 0 Å². The number of benzene rings is 4. The second kappa shape index (κ2) is 7.67. The lowest BCUT2D eigenvalue weighted by molar-refractivity contribution is 1.44. The Balaban J connectivity index is 2.08. The molecule has 0 fully saturated rings. The highest BCUT2D eigenvalue weighted by molar-refractivity contribution is 5.79. The van der Waals surface area contributed by atoms with Gasteiger partial charge in [-0.3, -0.25) is 0 Å². The van der Waals surface area contributed by atoms with E-state index in [-0.39, 0.29) is 0 Å². The minimum Gasteiger partial charge on any atom is -0.0622 e. The lowest BCUT2D eigenvalue weighted by Crippen LogP contribution is -2.27. The average Bonchev–Trinajstić information content (AvgIpc) is 2.72. The van der Waals surface area contributed by atoms with Crippen LogP contribution >= 0.6 is 0 Å². The van der Waals surface area contributed by atoms with Gasteiger partial charge in [0, 0.05) is 0 Å². The first kappa shape index (κ1) is 16.1. The molecule has 26 heavy (non-hydrogen) atoms. The maximum atomic E-state index is 2.25. The molecule has 4 aromatic rings. The van der Waals surface area contributed by atoms with Gasteiger partial charge in [-0.2, -0.15) is 0 Å². The molecule has 0 spiro atoms. The summed E-state index contributed by atoms with van der Waals surface area (Å²) in [5.41, 5.74) is 4.93. The van der Waals surface area contributed by atoms with E-state index < -0.39 is 0 Å². The Morgan fingerprint density at radius 3 is 1.50 bits per heavy atom. The zero-order chi connectivity index (χ0) is 17.6. The summed E-state index contributed by atoms with van der Waals surface area (Å²) in [5.74, 6) is 0. The van der Waals surface area contributed by atoms with Crippen molar-refractivity contribution >= 4 is 11.6 Å². The monoisotopic (exact) mass is 332 g/mol. The second-order valence-corrected chi connectivity index (χ2v) is 6.25. The summed E-state index contributed by atoms with van der Waals surface area (Å²) in [6.45, 7) is 0. The summed E-state index contributed by atoms with van der Waals surface area (Å²) < 4.78 is 0. The first-order chi connectivity index (χ1) is 12.9. The maximum absolute atomic E-state index is 2.25. The predicted molar refractivity (Wildman–Crippen MR) is 110 cm³/mol. The van der Waals surface area contributed by atoms with Crippen molar-refractivity contribution < 1.29 is 0 Å². The maximum Gasteiger partial charge on any atom is -0.00328 e. The SMILES string of the molecule is C(/c1ccccc1)=c1/ccccc1=C(c1ccccc1)c1ccccc1.